The first-order valence-corrected chi connectivity index (χ1v) is 11.5. The highest BCUT2D eigenvalue weighted by Crippen LogP contribution is 2.26. The van der Waals surface area contributed by atoms with E-state index in [0.717, 1.165) is 24.3 Å². The number of rotatable bonds is 6. The number of halogens is 1. The van der Waals surface area contributed by atoms with Crippen molar-refractivity contribution in [3.63, 3.8) is 0 Å². The number of hydrogen-bond acceptors (Lipinski definition) is 4. The Balaban J connectivity index is 1.83. The normalized spacial score (nSPS) is 14.7. The number of carbonyl (C=O) groups excluding carboxylic acids is 1. The second kappa shape index (κ2) is 9.15. The topological polar surface area (TPSA) is 69.7 Å². The van der Waals surface area contributed by atoms with Crippen LogP contribution >= 0.6 is 11.6 Å². The minimum absolute atomic E-state index is 0.0778. The predicted molar refractivity (Wildman–Crippen MR) is 116 cm³/mol. The fourth-order valence-corrected chi connectivity index (χ4v) is 4.84. The summed E-state index contributed by atoms with van der Waals surface area (Å²) < 4.78 is 26.5. The summed E-state index contributed by atoms with van der Waals surface area (Å²) in [5.74, 6) is -0.261. The van der Waals surface area contributed by atoms with Crippen LogP contribution in [0.25, 0.3) is 0 Å². The molecule has 1 saturated heterocycles. The molecule has 1 aliphatic rings. The number of amides is 1. The highest BCUT2D eigenvalue weighted by atomic mass is 35.5. The molecule has 0 bridgehead atoms. The number of para-hydroxylation sites is 1. The van der Waals surface area contributed by atoms with E-state index >= 15 is 0 Å². The molecule has 0 radical (unpaired) electrons. The van der Waals surface area contributed by atoms with Crippen LogP contribution in [-0.4, -0.2) is 46.4 Å². The average Bonchev–Trinajstić information content (AvgIpc) is 2.74. The maximum atomic E-state index is 13.0. The standard InChI is InChI=1S/C21H26ClN3O3S/c1-23-29(27,28)20-14-16(10-11-18(20)22)21(26)24(2)15-17-8-4-5-9-19(17)25-12-6-3-7-13-25/h4-5,8-11,14,23H,3,6-7,12-13,15H2,1-2H3. The molecule has 0 spiro atoms. The Morgan fingerprint density at radius 3 is 2.52 bits per heavy atom. The minimum atomic E-state index is -3.75. The van der Waals surface area contributed by atoms with Gasteiger partial charge in [0.1, 0.15) is 4.90 Å². The molecule has 2 aromatic rings. The van der Waals surface area contributed by atoms with Crippen molar-refractivity contribution in [1.29, 1.82) is 0 Å². The van der Waals surface area contributed by atoms with Crippen molar-refractivity contribution in [3.05, 3.63) is 58.6 Å². The van der Waals surface area contributed by atoms with E-state index < -0.39 is 10.0 Å². The molecule has 2 aromatic carbocycles. The molecule has 1 N–H and O–H groups in total. The van der Waals surface area contributed by atoms with Gasteiger partial charge in [-0.2, -0.15) is 0 Å². The number of nitrogens with zero attached hydrogens (tertiary/aromatic N) is 2. The molecule has 6 nitrogen and oxygen atoms in total. The lowest BCUT2D eigenvalue weighted by molar-refractivity contribution is 0.0785. The summed E-state index contributed by atoms with van der Waals surface area (Å²) >= 11 is 6.03. The molecule has 156 valence electrons. The van der Waals surface area contributed by atoms with E-state index in [1.807, 2.05) is 18.2 Å². The van der Waals surface area contributed by atoms with Gasteiger partial charge in [-0.3, -0.25) is 4.79 Å². The number of carbonyl (C=O) groups is 1. The maximum absolute atomic E-state index is 13.0. The number of piperidine rings is 1. The molecule has 1 fully saturated rings. The molecule has 0 atom stereocenters. The lowest BCUT2D eigenvalue weighted by atomic mass is 10.1. The van der Waals surface area contributed by atoms with Crippen molar-refractivity contribution in [2.75, 3.05) is 32.1 Å². The van der Waals surface area contributed by atoms with Crippen molar-refractivity contribution in [1.82, 2.24) is 9.62 Å². The van der Waals surface area contributed by atoms with Crippen LogP contribution in [0.4, 0.5) is 5.69 Å². The Labute approximate surface area is 177 Å². The highest BCUT2D eigenvalue weighted by Gasteiger charge is 2.21. The van der Waals surface area contributed by atoms with Gasteiger partial charge in [-0.15, -0.1) is 0 Å². The number of benzene rings is 2. The monoisotopic (exact) mass is 435 g/mol. The largest absolute Gasteiger partial charge is 0.371 e. The first kappa shape index (κ1) is 21.6. The van der Waals surface area contributed by atoms with Crippen LogP contribution in [0, 0.1) is 0 Å². The minimum Gasteiger partial charge on any atom is -0.371 e. The molecule has 8 heteroatoms. The molecular weight excluding hydrogens is 410 g/mol. The van der Waals surface area contributed by atoms with Gasteiger partial charge in [0.25, 0.3) is 5.91 Å². The van der Waals surface area contributed by atoms with Crippen LogP contribution < -0.4 is 9.62 Å². The zero-order valence-electron chi connectivity index (χ0n) is 16.7. The van der Waals surface area contributed by atoms with Crippen LogP contribution in [0.15, 0.2) is 47.4 Å². The zero-order chi connectivity index (χ0) is 21.0. The molecule has 0 saturated carbocycles. The average molecular weight is 436 g/mol. The van der Waals surface area contributed by atoms with Crippen molar-refractivity contribution in [2.45, 2.75) is 30.7 Å². The van der Waals surface area contributed by atoms with E-state index in [-0.39, 0.29) is 21.4 Å². The second-order valence-electron chi connectivity index (χ2n) is 7.19. The van der Waals surface area contributed by atoms with Gasteiger partial charge in [0.05, 0.1) is 5.02 Å². The lowest BCUT2D eigenvalue weighted by Gasteiger charge is -2.31. The Morgan fingerprint density at radius 1 is 1.14 bits per heavy atom. The van der Waals surface area contributed by atoms with Crippen LogP contribution in [0.2, 0.25) is 5.02 Å². The highest BCUT2D eigenvalue weighted by molar-refractivity contribution is 7.89. The molecule has 1 amide bonds. The summed E-state index contributed by atoms with van der Waals surface area (Å²) in [6, 6.07) is 12.4. The predicted octanol–water partition coefficient (Wildman–Crippen LogP) is 3.51. The third-order valence-electron chi connectivity index (χ3n) is 5.18. The molecule has 0 aliphatic carbocycles. The molecule has 1 heterocycles. The van der Waals surface area contributed by atoms with Crippen molar-refractivity contribution in [2.24, 2.45) is 0 Å². The fraction of sp³-hybridized carbons (Fsp3) is 0.381. The summed E-state index contributed by atoms with van der Waals surface area (Å²) in [7, 11) is -0.722. The van der Waals surface area contributed by atoms with E-state index in [9.17, 15) is 13.2 Å². The van der Waals surface area contributed by atoms with E-state index in [1.54, 1.807) is 18.0 Å². The first-order valence-electron chi connectivity index (χ1n) is 9.65. The van der Waals surface area contributed by atoms with Gasteiger partial charge < -0.3 is 9.80 Å². The molecular formula is C21H26ClN3O3S. The molecule has 29 heavy (non-hydrogen) atoms. The third-order valence-corrected chi connectivity index (χ3v) is 7.07. The van der Waals surface area contributed by atoms with Gasteiger partial charge in [0.15, 0.2) is 0 Å². The van der Waals surface area contributed by atoms with Gasteiger partial charge in [0, 0.05) is 37.9 Å². The van der Waals surface area contributed by atoms with Gasteiger partial charge >= 0.3 is 0 Å². The van der Waals surface area contributed by atoms with Crippen molar-refractivity contribution in [3.8, 4) is 0 Å². The smallest absolute Gasteiger partial charge is 0.253 e. The maximum Gasteiger partial charge on any atom is 0.253 e. The molecule has 1 aliphatic heterocycles. The SMILES string of the molecule is CNS(=O)(=O)c1cc(C(=O)N(C)Cc2ccccc2N2CCCCC2)ccc1Cl. The third kappa shape index (κ3) is 4.91. The summed E-state index contributed by atoms with van der Waals surface area (Å²) in [5.41, 5.74) is 2.50. The molecule has 3 rings (SSSR count). The number of hydrogen-bond donors (Lipinski definition) is 1. The first-order chi connectivity index (χ1) is 13.8. The summed E-state index contributed by atoms with van der Waals surface area (Å²) in [4.78, 5) is 16.8. The Hall–Kier alpha value is -2.09. The number of nitrogens with one attached hydrogen (secondary N) is 1. The Bertz CT molecular complexity index is 988. The Morgan fingerprint density at radius 2 is 1.83 bits per heavy atom. The van der Waals surface area contributed by atoms with E-state index in [2.05, 4.69) is 15.7 Å². The van der Waals surface area contributed by atoms with Gasteiger partial charge in [-0.25, -0.2) is 13.1 Å². The molecule has 0 unspecified atom stereocenters. The van der Waals surface area contributed by atoms with Crippen LogP contribution in [0.1, 0.15) is 35.2 Å². The van der Waals surface area contributed by atoms with Crippen molar-refractivity contribution < 1.29 is 13.2 Å². The summed E-state index contributed by atoms with van der Waals surface area (Å²) in [5, 5.41) is 0.0778. The number of sulfonamides is 1. The van der Waals surface area contributed by atoms with Gasteiger partial charge in [0.2, 0.25) is 10.0 Å². The quantitative estimate of drug-likeness (QED) is 0.753. The summed E-state index contributed by atoms with van der Waals surface area (Å²) in [6.45, 7) is 2.48. The fourth-order valence-electron chi connectivity index (χ4n) is 3.59. The van der Waals surface area contributed by atoms with Crippen LogP contribution in [0.5, 0.6) is 0 Å². The van der Waals surface area contributed by atoms with E-state index in [4.69, 9.17) is 11.6 Å². The zero-order valence-corrected chi connectivity index (χ0v) is 18.3. The van der Waals surface area contributed by atoms with E-state index in [0.29, 0.717) is 6.54 Å². The number of anilines is 1. The van der Waals surface area contributed by atoms with Crippen molar-refractivity contribution >= 4 is 33.2 Å². The van der Waals surface area contributed by atoms with Gasteiger partial charge in [-0.05, 0) is 56.1 Å². The lowest BCUT2D eigenvalue weighted by Crippen LogP contribution is -2.32. The van der Waals surface area contributed by atoms with Crippen LogP contribution in [0.3, 0.4) is 0 Å². The summed E-state index contributed by atoms with van der Waals surface area (Å²) in [6.07, 6.45) is 3.61. The van der Waals surface area contributed by atoms with E-state index in [1.165, 1.54) is 38.4 Å². The van der Waals surface area contributed by atoms with Crippen LogP contribution in [-0.2, 0) is 16.6 Å². The Kier molecular flexibility index (Phi) is 6.82. The molecule has 0 aromatic heterocycles. The van der Waals surface area contributed by atoms with Gasteiger partial charge in [-0.1, -0.05) is 29.8 Å². The second-order valence-corrected chi connectivity index (χ2v) is 9.45.